The maximum atomic E-state index is 8.18. The summed E-state index contributed by atoms with van der Waals surface area (Å²) in [6, 6.07) is 0. The Labute approximate surface area is 110 Å². The maximum Gasteiger partial charge on any atom is 0.145 e. The predicted molar refractivity (Wildman–Crippen MR) is 79.5 cm³/mol. The molecule has 13 heavy (non-hydrogen) atoms. The zero-order valence-corrected chi connectivity index (χ0v) is 12.9. The average Bonchev–Trinajstić information content (AvgIpc) is 2.16. The molecule has 0 rings (SSSR count). The van der Waals surface area contributed by atoms with Gasteiger partial charge in [0.15, 0.2) is 0 Å². The van der Waals surface area contributed by atoms with Gasteiger partial charge < -0.3 is 0 Å². The highest BCUT2D eigenvalue weighted by Crippen LogP contribution is 2.58. The van der Waals surface area contributed by atoms with E-state index >= 15 is 0 Å². The Morgan fingerprint density at radius 3 is 1.15 bits per heavy atom. The summed E-state index contributed by atoms with van der Waals surface area (Å²) in [4.78, 5) is 0. The van der Waals surface area contributed by atoms with E-state index in [9.17, 15) is 0 Å². The summed E-state index contributed by atoms with van der Waals surface area (Å²) in [7, 11) is 13.2. The summed E-state index contributed by atoms with van der Waals surface area (Å²) >= 11 is 0. The molecule has 11 heteroatoms. The van der Waals surface area contributed by atoms with Crippen molar-refractivity contribution < 1.29 is 0 Å². The lowest BCUT2D eigenvalue weighted by atomic mass is 11.8. The first kappa shape index (κ1) is 15.1. The molecule has 0 fully saturated rings. The van der Waals surface area contributed by atoms with Crippen molar-refractivity contribution >= 4 is 90.4 Å². The van der Waals surface area contributed by atoms with Gasteiger partial charge in [0.2, 0.25) is 0 Å². The van der Waals surface area contributed by atoms with Gasteiger partial charge in [-0.3, -0.25) is 0 Å². The molecule has 0 unspecified atom stereocenters. The highest BCUT2D eigenvalue weighted by molar-refractivity contribution is 9.51. The van der Waals surface area contributed by atoms with Crippen molar-refractivity contribution in [1.82, 2.24) is 0 Å². The quantitative estimate of drug-likeness (QED) is 0.303. The van der Waals surface area contributed by atoms with E-state index in [0.717, 1.165) is 21.6 Å². The first-order valence-electron chi connectivity index (χ1n) is 2.19. The second-order valence-corrected chi connectivity index (χ2v) is 14.9. The zero-order chi connectivity index (χ0) is 9.78. The van der Waals surface area contributed by atoms with Crippen LogP contribution in [0.5, 0.6) is 0 Å². The maximum absolute atomic E-state index is 8.18. The van der Waals surface area contributed by atoms with Crippen molar-refractivity contribution in [1.29, 1.82) is 10.5 Å². The summed E-state index contributed by atoms with van der Waals surface area (Å²) in [6.07, 6.45) is 0. The molecule has 0 aromatic heterocycles. The Kier molecular flexibility index (Phi) is 16.4. The first-order valence-corrected chi connectivity index (χ1v) is 13.7. The highest BCUT2D eigenvalue weighted by atomic mass is 34.0. The number of hydrogen-bond donors (Lipinski definition) is 0. The lowest BCUT2D eigenvalue weighted by Crippen LogP contribution is -1.33. The molecule has 0 amide bonds. The lowest BCUT2D eigenvalue weighted by molar-refractivity contribution is 1.57. The van der Waals surface area contributed by atoms with E-state index in [1.54, 1.807) is 49.1 Å². The van der Waals surface area contributed by atoms with E-state index in [-0.39, 0.29) is 0 Å². The van der Waals surface area contributed by atoms with Crippen molar-refractivity contribution in [3.63, 3.8) is 0 Å². The van der Waals surface area contributed by atoms with Crippen molar-refractivity contribution in [3.05, 3.63) is 0 Å². The van der Waals surface area contributed by atoms with Crippen molar-refractivity contribution in [2.45, 2.75) is 0 Å². The summed E-state index contributed by atoms with van der Waals surface area (Å²) in [5.74, 6) is 0. The van der Waals surface area contributed by atoms with Crippen LogP contribution >= 0.6 is 90.4 Å². The van der Waals surface area contributed by atoms with E-state index in [2.05, 4.69) is 0 Å². The summed E-state index contributed by atoms with van der Waals surface area (Å²) in [5, 5.41) is 20.3. The van der Waals surface area contributed by atoms with Gasteiger partial charge in [-0.05, 0) is 0 Å². The van der Waals surface area contributed by atoms with Crippen LogP contribution in [0.25, 0.3) is 0 Å². The molecule has 0 aromatic rings. The molecule has 72 valence electrons. The van der Waals surface area contributed by atoms with Gasteiger partial charge in [0.05, 0.1) is 0 Å². The minimum absolute atomic E-state index is 1.16. The smallest absolute Gasteiger partial charge is 0.145 e. The largest absolute Gasteiger partial charge is 0.184 e. The van der Waals surface area contributed by atoms with E-state index in [1.807, 2.05) is 10.8 Å². The van der Waals surface area contributed by atoms with Gasteiger partial charge in [-0.2, -0.15) is 10.5 Å². The van der Waals surface area contributed by atoms with Gasteiger partial charge in [0, 0.05) is 90.4 Å². The number of hydrogen-bond acceptors (Lipinski definition) is 11. The van der Waals surface area contributed by atoms with Crippen LogP contribution in [0.2, 0.25) is 0 Å². The molecule has 0 heterocycles. The Balaban J connectivity index is 2.85. The molecule has 0 saturated heterocycles. The van der Waals surface area contributed by atoms with Gasteiger partial charge in [0.25, 0.3) is 0 Å². The molecule has 0 bridgehead atoms. The number of nitriles is 2. The van der Waals surface area contributed by atoms with E-state index in [1.165, 1.54) is 19.7 Å². The van der Waals surface area contributed by atoms with Gasteiger partial charge in [-0.1, -0.05) is 0 Å². The van der Waals surface area contributed by atoms with Crippen molar-refractivity contribution in [2.75, 3.05) is 0 Å². The third-order valence-electron chi connectivity index (χ3n) is 0.309. The van der Waals surface area contributed by atoms with Crippen molar-refractivity contribution in [2.24, 2.45) is 0 Å². The number of nitrogens with zero attached hydrogens (tertiary/aromatic N) is 2. The molecule has 0 atom stereocenters. The van der Waals surface area contributed by atoms with Crippen LogP contribution in [0.3, 0.4) is 0 Å². The fourth-order valence-corrected chi connectivity index (χ4v) is 16.8. The van der Waals surface area contributed by atoms with E-state index in [4.69, 9.17) is 10.5 Å². The van der Waals surface area contributed by atoms with Gasteiger partial charge >= 0.3 is 0 Å². The normalized spacial score (nSPS) is 9.08. The molecule has 0 aliphatic heterocycles. The molecule has 0 aromatic carbocycles. The van der Waals surface area contributed by atoms with E-state index < -0.39 is 0 Å². The molecule has 0 spiro atoms. The zero-order valence-electron chi connectivity index (χ0n) is 5.57. The minimum Gasteiger partial charge on any atom is -0.184 e. The van der Waals surface area contributed by atoms with Crippen LogP contribution in [0.4, 0.5) is 0 Å². The Hall–Kier alpha value is 2.13. The fourth-order valence-electron chi connectivity index (χ4n) is 0.115. The third-order valence-corrected chi connectivity index (χ3v) is 16.0. The van der Waals surface area contributed by atoms with Crippen LogP contribution in [0.1, 0.15) is 0 Å². The molecule has 0 N–H and O–H groups in total. The number of thiocyanates is 2. The third kappa shape index (κ3) is 14.1. The highest BCUT2D eigenvalue weighted by Gasteiger charge is 1.95. The summed E-state index contributed by atoms with van der Waals surface area (Å²) in [6.45, 7) is 0. The summed E-state index contributed by atoms with van der Waals surface area (Å²) in [5.41, 5.74) is 0. The molecule has 0 aliphatic carbocycles. The van der Waals surface area contributed by atoms with E-state index in [0.29, 0.717) is 0 Å². The second-order valence-electron chi connectivity index (χ2n) is 0.826. The molecule has 0 radical (unpaired) electrons. The second kappa shape index (κ2) is 14.1. The van der Waals surface area contributed by atoms with Gasteiger partial charge in [0.1, 0.15) is 10.8 Å². The van der Waals surface area contributed by atoms with Crippen LogP contribution in [-0.4, -0.2) is 0 Å². The minimum atomic E-state index is 1.16. The van der Waals surface area contributed by atoms with Crippen LogP contribution < -0.4 is 0 Å². The Morgan fingerprint density at radius 2 is 0.846 bits per heavy atom. The topological polar surface area (TPSA) is 47.6 Å². The predicted octanol–water partition coefficient (Wildman–Crippen LogP) is 5.87. The van der Waals surface area contributed by atoms with Crippen molar-refractivity contribution in [3.8, 4) is 10.8 Å². The van der Waals surface area contributed by atoms with Crippen LogP contribution in [0, 0.1) is 21.3 Å². The SMILES string of the molecule is N#CSSSSSSSSSC#N. The molecular weight excluding hydrogens is 341 g/mol. The monoisotopic (exact) mass is 340 g/mol. The fraction of sp³-hybridized carbons (Fsp3) is 0. The molecular formula is C2N2S9. The van der Waals surface area contributed by atoms with Gasteiger partial charge in [-0.15, -0.1) is 0 Å². The van der Waals surface area contributed by atoms with Crippen LogP contribution in [-0.2, 0) is 0 Å². The molecule has 0 saturated carbocycles. The molecule has 0 aliphatic rings. The van der Waals surface area contributed by atoms with Crippen LogP contribution in [0.15, 0.2) is 0 Å². The summed E-state index contributed by atoms with van der Waals surface area (Å²) < 4.78 is 0. The Bertz CT molecular complexity index is 161. The standard InChI is InChI=1S/C2N2S9/c3-1-5-7-9-11-13-12-10-8-6-2-4. The lowest BCUT2D eigenvalue weighted by Gasteiger charge is -1.93. The first-order chi connectivity index (χ1) is 6.41. The number of rotatable bonds is 8. The van der Waals surface area contributed by atoms with Gasteiger partial charge in [-0.25, -0.2) is 0 Å². The average molecular weight is 341 g/mol. The Morgan fingerprint density at radius 1 is 0.538 bits per heavy atom. The molecule has 2 nitrogen and oxygen atoms in total.